The first-order valence-corrected chi connectivity index (χ1v) is 9.08. The van der Waals surface area contributed by atoms with Crippen LogP contribution in [0.3, 0.4) is 0 Å². The van der Waals surface area contributed by atoms with Gasteiger partial charge in [-0.25, -0.2) is 12.8 Å². The van der Waals surface area contributed by atoms with E-state index in [1.165, 1.54) is 23.5 Å². The zero-order valence-corrected chi connectivity index (χ0v) is 14.5. The van der Waals surface area contributed by atoms with Gasteiger partial charge in [0.25, 0.3) is 10.0 Å². The fraction of sp³-hybridized carbons (Fsp3) is 0.231. The van der Waals surface area contributed by atoms with Crippen LogP contribution in [0.15, 0.2) is 26.9 Å². The van der Waals surface area contributed by atoms with E-state index in [9.17, 15) is 17.9 Å². The van der Waals surface area contributed by atoms with Crippen LogP contribution in [-0.4, -0.2) is 13.5 Å². The van der Waals surface area contributed by atoms with E-state index in [0.717, 1.165) is 0 Å². The molecule has 0 aliphatic carbocycles. The largest absolute Gasteiger partial charge is 0.391 e. The molecule has 0 aliphatic rings. The Morgan fingerprint density at radius 2 is 2.00 bits per heavy atom. The summed E-state index contributed by atoms with van der Waals surface area (Å²) < 4.78 is 41.0. The van der Waals surface area contributed by atoms with Gasteiger partial charge in [-0.3, -0.25) is 4.72 Å². The predicted molar refractivity (Wildman–Crippen MR) is 84.6 cm³/mol. The summed E-state index contributed by atoms with van der Waals surface area (Å²) >= 11 is 4.22. The summed E-state index contributed by atoms with van der Waals surface area (Å²) in [5.74, 6) is -0.460. The lowest BCUT2D eigenvalue weighted by Gasteiger charge is -2.12. The van der Waals surface area contributed by atoms with Gasteiger partial charge < -0.3 is 5.11 Å². The van der Waals surface area contributed by atoms with Crippen molar-refractivity contribution in [3.05, 3.63) is 43.8 Å². The minimum atomic E-state index is -3.84. The molecule has 1 aromatic heterocycles. The van der Waals surface area contributed by atoms with E-state index < -0.39 is 15.8 Å². The molecule has 0 saturated heterocycles. The number of halogens is 2. The van der Waals surface area contributed by atoms with Gasteiger partial charge in [-0.05, 0) is 58.4 Å². The van der Waals surface area contributed by atoms with E-state index in [2.05, 4.69) is 20.7 Å². The molecule has 1 aromatic carbocycles. The number of aliphatic hydroxyl groups excluding tert-OH is 1. The van der Waals surface area contributed by atoms with Crippen molar-refractivity contribution in [1.82, 2.24) is 0 Å². The summed E-state index contributed by atoms with van der Waals surface area (Å²) in [5, 5.41) is 10.9. The van der Waals surface area contributed by atoms with Crippen molar-refractivity contribution in [3.63, 3.8) is 0 Å². The minimum absolute atomic E-state index is 0.0786. The molecule has 2 rings (SSSR count). The highest BCUT2D eigenvalue weighted by atomic mass is 79.9. The lowest BCUT2D eigenvalue weighted by atomic mass is 10.2. The quantitative estimate of drug-likeness (QED) is 0.834. The second-order valence-corrected chi connectivity index (χ2v) is 7.95. The Kier molecular flexibility index (Phi) is 4.72. The maximum absolute atomic E-state index is 13.4. The third kappa shape index (κ3) is 3.28. The molecule has 4 nitrogen and oxygen atoms in total. The molecule has 0 aliphatic heterocycles. The van der Waals surface area contributed by atoms with E-state index in [1.54, 1.807) is 19.2 Å². The van der Waals surface area contributed by atoms with Crippen LogP contribution in [0.5, 0.6) is 0 Å². The maximum atomic E-state index is 13.4. The molecule has 0 unspecified atom stereocenters. The SMILES string of the molecule is Cc1cc(F)c(Br)cc1NS(=O)(=O)c1c(C)csc1CO. The molecular weight excluding hydrogens is 381 g/mol. The zero-order chi connectivity index (χ0) is 15.8. The van der Waals surface area contributed by atoms with E-state index in [-0.39, 0.29) is 21.7 Å². The molecule has 0 bridgehead atoms. The third-order valence-electron chi connectivity index (χ3n) is 2.91. The topological polar surface area (TPSA) is 66.4 Å². The second-order valence-electron chi connectivity index (χ2n) is 4.52. The van der Waals surface area contributed by atoms with Crippen LogP contribution in [0.25, 0.3) is 0 Å². The van der Waals surface area contributed by atoms with Gasteiger partial charge in [-0.15, -0.1) is 11.3 Å². The number of anilines is 1. The summed E-state index contributed by atoms with van der Waals surface area (Å²) in [4.78, 5) is 0.452. The number of hydrogen-bond donors (Lipinski definition) is 2. The van der Waals surface area contributed by atoms with Crippen LogP contribution in [0.4, 0.5) is 10.1 Å². The van der Waals surface area contributed by atoms with Crippen LogP contribution in [0.1, 0.15) is 16.0 Å². The first kappa shape index (κ1) is 16.4. The highest BCUT2D eigenvalue weighted by molar-refractivity contribution is 9.10. The molecular formula is C13H13BrFNO3S2. The molecule has 0 saturated carbocycles. The zero-order valence-electron chi connectivity index (χ0n) is 11.3. The number of aryl methyl sites for hydroxylation is 2. The van der Waals surface area contributed by atoms with Gasteiger partial charge in [0.15, 0.2) is 0 Å². The van der Waals surface area contributed by atoms with Crippen molar-refractivity contribution < 1.29 is 17.9 Å². The lowest BCUT2D eigenvalue weighted by molar-refractivity contribution is 0.282. The van der Waals surface area contributed by atoms with Crippen LogP contribution in [-0.2, 0) is 16.6 Å². The number of sulfonamides is 1. The second kappa shape index (κ2) is 6.04. The van der Waals surface area contributed by atoms with Crippen molar-refractivity contribution in [1.29, 1.82) is 0 Å². The molecule has 0 radical (unpaired) electrons. The van der Waals surface area contributed by atoms with Crippen molar-refractivity contribution in [3.8, 4) is 0 Å². The van der Waals surface area contributed by atoms with Gasteiger partial charge in [0.2, 0.25) is 0 Å². The van der Waals surface area contributed by atoms with Crippen LogP contribution < -0.4 is 4.72 Å². The monoisotopic (exact) mass is 393 g/mol. The Labute approximate surface area is 134 Å². The summed E-state index contributed by atoms with van der Waals surface area (Å²) in [6.07, 6.45) is 0. The Morgan fingerprint density at radius 3 is 2.62 bits per heavy atom. The number of thiophene rings is 1. The normalized spacial score (nSPS) is 11.7. The number of hydrogen-bond acceptors (Lipinski definition) is 4. The molecule has 0 atom stereocenters. The molecule has 8 heteroatoms. The molecule has 114 valence electrons. The van der Waals surface area contributed by atoms with Gasteiger partial charge in [0, 0.05) is 0 Å². The average molecular weight is 394 g/mol. The summed E-state index contributed by atoms with van der Waals surface area (Å²) in [5.41, 5.74) is 1.32. The fourth-order valence-electron chi connectivity index (χ4n) is 1.91. The standard InChI is InChI=1S/C13H13BrFNO3S2/c1-7-3-10(15)9(14)4-11(7)16-21(18,19)13-8(2)6-20-12(13)5-17/h3-4,6,16-17H,5H2,1-2H3. The van der Waals surface area contributed by atoms with Gasteiger partial charge in [-0.1, -0.05) is 0 Å². The smallest absolute Gasteiger partial charge is 0.263 e. The van der Waals surface area contributed by atoms with Gasteiger partial charge >= 0.3 is 0 Å². The van der Waals surface area contributed by atoms with Gasteiger partial charge in [0.05, 0.1) is 21.6 Å². The Balaban J connectivity index is 2.47. The first-order chi connectivity index (χ1) is 9.76. The van der Waals surface area contributed by atoms with Crippen molar-refractivity contribution in [2.45, 2.75) is 25.3 Å². The molecule has 0 fully saturated rings. The van der Waals surface area contributed by atoms with Gasteiger partial charge in [0.1, 0.15) is 10.7 Å². The average Bonchev–Trinajstić information content (AvgIpc) is 2.77. The van der Waals surface area contributed by atoms with Crippen LogP contribution >= 0.6 is 27.3 Å². The van der Waals surface area contributed by atoms with Gasteiger partial charge in [-0.2, -0.15) is 0 Å². The number of benzene rings is 1. The number of rotatable bonds is 4. The Hall–Kier alpha value is -0.960. The number of aliphatic hydroxyl groups is 1. The van der Waals surface area contributed by atoms with E-state index in [4.69, 9.17) is 0 Å². The van der Waals surface area contributed by atoms with E-state index >= 15 is 0 Å². The highest BCUT2D eigenvalue weighted by Gasteiger charge is 2.23. The maximum Gasteiger partial charge on any atom is 0.263 e. The van der Waals surface area contributed by atoms with Crippen LogP contribution in [0, 0.1) is 19.7 Å². The predicted octanol–water partition coefficient (Wildman–Crippen LogP) is 3.56. The third-order valence-corrected chi connectivity index (χ3v) is 6.33. The molecule has 0 spiro atoms. The van der Waals surface area contributed by atoms with Crippen molar-refractivity contribution in [2.75, 3.05) is 4.72 Å². The summed E-state index contributed by atoms with van der Waals surface area (Å²) in [7, 11) is -3.84. The molecule has 0 amide bonds. The van der Waals surface area contributed by atoms with Crippen molar-refractivity contribution >= 4 is 43.0 Å². The van der Waals surface area contributed by atoms with E-state index in [0.29, 0.717) is 16.0 Å². The van der Waals surface area contributed by atoms with Crippen LogP contribution in [0.2, 0.25) is 0 Å². The lowest BCUT2D eigenvalue weighted by Crippen LogP contribution is -2.15. The number of nitrogens with one attached hydrogen (secondary N) is 1. The molecule has 2 aromatic rings. The molecule has 21 heavy (non-hydrogen) atoms. The molecule has 1 heterocycles. The minimum Gasteiger partial charge on any atom is -0.391 e. The Morgan fingerprint density at radius 1 is 1.33 bits per heavy atom. The summed E-state index contributed by atoms with van der Waals surface area (Å²) in [6.45, 7) is 2.93. The Bertz CT molecular complexity index is 787. The van der Waals surface area contributed by atoms with Crippen molar-refractivity contribution in [2.24, 2.45) is 0 Å². The van der Waals surface area contributed by atoms with E-state index in [1.807, 2.05) is 0 Å². The fourth-order valence-corrected chi connectivity index (χ4v) is 5.04. The highest BCUT2D eigenvalue weighted by Crippen LogP contribution is 2.31. The summed E-state index contributed by atoms with van der Waals surface area (Å²) in [6, 6.07) is 2.62. The molecule has 2 N–H and O–H groups in total. The first-order valence-electron chi connectivity index (χ1n) is 5.92.